The van der Waals surface area contributed by atoms with Crippen molar-refractivity contribution in [2.45, 2.75) is 45.2 Å². The summed E-state index contributed by atoms with van der Waals surface area (Å²) in [6.07, 6.45) is 5.09. The van der Waals surface area contributed by atoms with Crippen LogP contribution in [0.25, 0.3) is 0 Å². The predicted molar refractivity (Wildman–Crippen MR) is 83.8 cm³/mol. The van der Waals surface area contributed by atoms with Crippen LogP contribution in [0, 0.1) is 0 Å². The Morgan fingerprint density at radius 1 is 1.43 bits per heavy atom. The average molecular weight is 291 g/mol. The van der Waals surface area contributed by atoms with Gasteiger partial charge in [-0.05, 0) is 44.5 Å². The first-order valence-electron chi connectivity index (χ1n) is 7.54. The third-order valence-corrected chi connectivity index (χ3v) is 4.25. The van der Waals surface area contributed by atoms with Crippen molar-refractivity contribution < 1.29 is 9.94 Å². The van der Waals surface area contributed by atoms with Gasteiger partial charge in [-0.25, -0.2) is 0 Å². The molecule has 2 rings (SSSR count). The number of oxime groups is 1. The maximum atomic E-state index is 8.83. The number of amidine groups is 1. The second-order valence-corrected chi connectivity index (χ2v) is 5.68. The number of hydrogen-bond acceptors (Lipinski definition) is 4. The predicted octanol–water partition coefficient (Wildman–Crippen LogP) is 2.55. The van der Waals surface area contributed by atoms with Gasteiger partial charge in [-0.2, -0.15) is 0 Å². The molecule has 1 aromatic carbocycles. The molecule has 1 atom stereocenters. The number of rotatable bonds is 4. The quantitative estimate of drug-likeness (QED) is 0.387. The van der Waals surface area contributed by atoms with Crippen LogP contribution in [0.1, 0.15) is 43.7 Å². The number of benzene rings is 1. The van der Waals surface area contributed by atoms with Gasteiger partial charge in [0.2, 0.25) is 0 Å². The van der Waals surface area contributed by atoms with Crippen LogP contribution in [-0.2, 0) is 6.54 Å². The third-order valence-electron chi connectivity index (χ3n) is 4.25. The van der Waals surface area contributed by atoms with E-state index in [1.165, 1.54) is 25.7 Å². The fourth-order valence-corrected chi connectivity index (χ4v) is 2.91. The number of hydrogen-bond donors (Lipinski definition) is 2. The highest BCUT2D eigenvalue weighted by atomic mass is 16.5. The van der Waals surface area contributed by atoms with Crippen molar-refractivity contribution in [2.24, 2.45) is 10.9 Å². The van der Waals surface area contributed by atoms with E-state index in [0.717, 1.165) is 30.0 Å². The minimum Gasteiger partial charge on any atom is -0.496 e. The molecule has 1 aromatic rings. The molecule has 1 fully saturated rings. The Hall–Kier alpha value is -1.75. The minimum atomic E-state index is 0.128. The molecule has 0 aromatic heterocycles. The van der Waals surface area contributed by atoms with Crippen LogP contribution >= 0.6 is 0 Å². The second kappa shape index (κ2) is 7.31. The van der Waals surface area contributed by atoms with E-state index in [1.807, 2.05) is 18.2 Å². The highest BCUT2D eigenvalue weighted by Gasteiger charge is 2.19. The summed E-state index contributed by atoms with van der Waals surface area (Å²) in [6, 6.07) is 6.21. The maximum Gasteiger partial charge on any atom is 0.170 e. The largest absolute Gasteiger partial charge is 0.496 e. The molecule has 3 N–H and O–H groups in total. The van der Waals surface area contributed by atoms with Crippen molar-refractivity contribution in [3.05, 3.63) is 29.3 Å². The molecule has 0 amide bonds. The number of ether oxygens (including phenoxy) is 1. The van der Waals surface area contributed by atoms with E-state index < -0.39 is 0 Å². The number of likely N-dealkylation sites (tertiary alicyclic amines) is 1. The van der Waals surface area contributed by atoms with Crippen LogP contribution < -0.4 is 10.5 Å². The molecule has 116 valence electrons. The van der Waals surface area contributed by atoms with Gasteiger partial charge in [0.1, 0.15) is 5.75 Å². The lowest BCUT2D eigenvalue weighted by Gasteiger charge is -2.27. The number of nitrogens with two attached hydrogens (primary N) is 1. The summed E-state index contributed by atoms with van der Waals surface area (Å²) < 4.78 is 5.45. The fraction of sp³-hybridized carbons (Fsp3) is 0.562. The van der Waals surface area contributed by atoms with Gasteiger partial charge in [0.25, 0.3) is 0 Å². The fourth-order valence-electron chi connectivity index (χ4n) is 2.91. The molecule has 1 aliphatic rings. The van der Waals surface area contributed by atoms with E-state index in [1.54, 1.807) is 7.11 Å². The zero-order chi connectivity index (χ0) is 15.2. The number of methoxy groups -OCH3 is 1. The summed E-state index contributed by atoms with van der Waals surface area (Å²) in [7, 11) is 1.67. The van der Waals surface area contributed by atoms with Crippen molar-refractivity contribution in [3.8, 4) is 5.75 Å². The van der Waals surface area contributed by atoms with Crippen molar-refractivity contribution in [2.75, 3.05) is 13.7 Å². The van der Waals surface area contributed by atoms with Crippen molar-refractivity contribution in [3.63, 3.8) is 0 Å². The van der Waals surface area contributed by atoms with E-state index in [9.17, 15) is 0 Å². The molecule has 0 saturated carbocycles. The molecule has 1 unspecified atom stereocenters. The molecular weight excluding hydrogens is 266 g/mol. The van der Waals surface area contributed by atoms with E-state index in [0.29, 0.717) is 6.04 Å². The van der Waals surface area contributed by atoms with Crippen LogP contribution in [0.3, 0.4) is 0 Å². The molecule has 5 heteroatoms. The normalized spacial score (nSPS) is 21.0. The third kappa shape index (κ3) is 3.88. The summed E-state index contributed by atoms with van der Waals surface area (Å²) in [5, 5.41) is 11.9. The average Bonchev–Trinajstić information content (AvgIpc) is 2.71. The van der Waals surface area contributed by atoms with E-state index in [2.05, 4.69) is 17.0 Å². The van der Waals surface area contributed by atoms with Gasteiger partial charge in [0, 0.05) is 23.7 Å². The molecule has 1 aliphatic heterocycles. The zero-order valence-corrected chi connectivity index (χ0v) is 12.9. The second-order valence-electron chi connectivity index (χ2n) is 5.68. The first-order chi connectivity index (χ1) is 10.2. The molecule has 1 heterocycles. The van der Waals surface area contributed by atoms with Crippen molar-refractivity contribution in [1.82, 2.24) is 4.90 Å². The highest BCUT2D eigenvalue weighted by molar-refractivity contribution is 5.97. The van der Waals surface area contributed by atoms with E-state index in [4.69, 9.17) is 15.7 Å². The van der Waals surface area contributed by atoms with Gasteiger partial charge in [-0.3, -0.25) is 4.90 Å². The molecule has 0 aliphatic carbocycles. The number of nitrogens with zero attached hydrogens (tertiary/aromatic N) is 2. The van der Waals surface area contributed by atoms with Gasteiger partial charge >= 0.3 is 0 Å². The Morgan fingerprint density at radius 3 is 2.95 bits per heavy atom. The molecule has 0 spiro atoms. The molecule has 21 heavy (non-hydrogen) atoms. The minimum absolute atomic E-state index is 0.128. The molecule has 0 bridgehead atoms. The Balaban J connectivity index is 2.24. The Morgan fingerprint density at radius 2 is 2.24 bits per heavy atom. The summed E-state index contributed by atoms with van der Waals surface area (Å²) >= 11 is 0. The zero-order valence-electron chi connectivity index (χ0n) is 12.9. The Bertz CT molecular complexity index is 502. The maximum absolute atomic E-state index is 8.83. The van der Waals surface area contributed by atoms with Crippen LogP contribution in [0.2, 0.25) is 0 Å². The molecule has 0 radical (unpaired) electrons. The summed E-state index contributed by atoms with van der Waals surface area (Å²) in [5.74, 6) is 0.976. The molecule has 1 saturated heterocycles. The van der Waals surface area contributed by atoms with Gasteiger partial charge in [0.15, 0.2) is 5.84 Å². The SMILES string of the molecule is COc1ccc(/C(N)=N/O)cc1CN1CCCCCC1C. The van der Waals surface area contributed by atoms with Crippen molar-refractivity contribution in [1.29, 1.82) is 0 Å². The van der Waals surface area contributed by atoms with Gasteiger partial charge < -0.3 is 15.7 Å². The standard InChI is InChI=1S/C16H25N3O2/c1-12-6-4-3-5-9-19(12)11-14-10-13(16(17)18-20)7-8-15(14)21-2/h7-8,10,12,20H,3-6,9,11H2,1-2H3,(H2,17,18). The Kier molecular flexibility index (Phi) is 5.44. The monoisotopic (exact) mass is 291 g/mol. The summed E-state index contributed by atoms with van der Waals surface area (Å²) in [5.41, 5.74) is 7.48. The van der Waals surface area contributed by atoms with Gasteiger partial charge in [-0.15, -0.1) is 0 Å². The van der Waals surface area contributed by atoms with Crippen LogP contribution in [0.5, 0.6) is 5.75 Å². The topological polar surface area (TPSA) is 71.1 Å². The van der Waals surface area contributed by atoms with Gasteiger partial charge in [-0.1, -0.05) is 18.0 Å². The first-order valence-corrected chi connectivity index (χ1v) is 7.54. The molecular formula is C16H25N3O2. The van der Waals surface area contributed by atoms with E-state index >= 15 is 0 Å². The van der Waals surface area contributed by atoms with Crippen LogP contribution in [0.4, 0.5) is 0 Å². The molecule has 5 nitrogen and oxygen atoms in total. The summed E-state index contributed by atoms with van der Waals surface area (Å²) in [6.45, 7) is 4.22. The van der Waals surface area contributed by atoms with Crippen LogP contribution in [-0.4, -0.2) is 35.6 Å². The lowest BCUT2D eigenvalue weighted by Crippen LogP contribution is -2.32. The summed E-state index contributed by atoms with van der Waals surface area (Å²) in [4.78, 5) is 2.49. The Labute approximate surface area is 126 Å². The van der Waals surface area contributed by atoms with Crippen LogP contribution in [0.15, 0.2) is 23.4 Å². The van der Waals surface area contributed by atoms with Crippen molar-refractivity contribution >= 4 is 5.84 Å². The smallest absolute Gasteiger partial charge is 0.170 e. The lowest BCUT2D eigenvalue weighted by atomic mass is 10.1. The van der Waals surface area contributed by atoms with Gasteiger partial charge in [0.05, 0.1) is 7.11 Å². The lowest BCUT2D eigenvalue weighted by molar-refractivity contribution is 0.202. The van der Waals surface area contributed by atoms with E-state index in [-0.39, 0.29) is 5.84 Å². The highest BCUT2D eigenvalue weighted by Crippen LogP contribution is 2.25. The first kappa shape index (κ1) is 15.6.